The molecule has 0 aliphatic heterocycles. The minimum Gasteiger partial charge on any atom is -0.455 e. The van der Waals surface area contributed by atoms with Crippen molar-refractivity contribution in [1.29, 1.82) is 0 Å². The Kier molecular flexibility index (Phi) is 2.96. The Morgan fingerprint density at radius 3 is 2.41 bits per heavy atom. The highest BCUT2D eigenvalue weighted by molar-refractivity contribution is 14.1. The average molecular weight is 399 g/mol. The van der Waals surface area contributed by atoms with Crippen LogP contribution in [0.3, 0.4) is 0 Å². The average Bonchev–Trinajstić information content (AvgIpc) is 2.68. The molecule has 0 fully saturated rings. The van der Waals surface area contributed by atoms with E-state index in [0.29, 0.717) is 0 Å². The lowest BCUT2D eigenvalue weighted by atomic mass is 10.1. The second kappa shape index (κ2) is 4.46. The van der Waals surface area contributed by atoms with Gasteiger partial charge in [0, 0.05) is 15.4 Å². The first-order chi connectivity index (χ1) is 8.27. The van der Waals surface area contributed by atoms with Gasteiger partial charge < -0.3 is 4.42 Å². The third-order valence-corrected chi connectivity index (χ3v) is 4.42. The van der Waals surface area contributed by atoms with E-state index in [1.54, 1.807) is 0 Å². The largest absolute Gasteiger partial charge is 0.455 e. The van der Waals surface area contributed by atoms with Crippen LogP contribution in [0.2, 0.25) is 0 Å². The van der Waals surface area contributed by atoms with Crippen LogP contribution in [-0.2, 0) is 0 Å². The van der Waals surface area contributed by atoms with E-state index in [1.807, 2.05) is 36.4 Å². The quantitative estimate of drug-likeness (QED) is 0.495. The van der Waals surface area contributed by atoms with Crippen LogP contribution in [0, 0.1) is 3.57 Å². The summed E-state index contributed by atoms with van der Waals surface area (Å²) >= 11 is 5.90. The molecule has 17 heavy (non-hydrogen) atoms. The van der Waals surface area contributed by atoms with Crippen molar-refractivity contribution in [2.75, 3.05) is 0 Å². The topological polar surface area (TPSA) is 13.1 Å². The Balaban J connectivity index is 2.32. The van der Waals surface area contributed by atoms with E-state index in [2.05, 4.69) is 50.7 Å². The number of hydrogen-bond acceptors (Lipinski definition) is 1. The summed E-state index contributed by atoms with van der Waals surface area (Å²) < 4.78 is 8.14. The van der Waals surface area contributed by atoms with E-state index >= 15 is 0 Å². The minimum absolute atomic E-state index is 0.930. The molecule has 1 aromatic heterocycles. The highest BCUT2D eigenvalue weighted by atomic mass is 127. The van der Waals surface area contributed by atoms with Gasteiger partial charge in [-0.05, 0) is 34.7 Å². The fourth-order valence-electron chi connectivity index (χ4n) is 1.83. The summed E-state index contributed by atoms with van der Waals surface area (Å²) in [6, 6.07) is 16.2. The molecule has 0 unspecified atom stereocenters. The van der Waals surface area contributed by atoms with Gasteiger partial charge in [-0.15, -0.1) is 0 Å². The molecule has 0 bridgehead atoms. The second-order valence-electron chi connectivity index (χ2n) is 3.72. The van der Waals surface area contributed by atoms with Gasteiger partial charge in [0.05, 0.1) is 3.57 Å². The first-order valence-corrected chi connectivity index (χ1v) is 7.06. The van der Waals surface area contributed by atoms with E-state index in [4.69, 9.17) is 4.42 Å². The van der Waals surface area contributed by atoms with Gasteiger partial charge in [-0.3, -0.25) is 0 Å². The molecule has 0 aliphatic rings. The molecule has 0 atom stereocenters. The molecule has 0 aliphatic carbocycles. The van der Waals surface area contributed by atoms with Crippen molar-refractivity contribution in [2.45, 2.75) is 0 Å². The highest BCUT2D eigenvalue weighted by Crippen LogP contribution is 2.37. The molecule has 0 spiro atoms. The summed E-state index contributed by atoms with van der Waals surface area (Å²) in [7, 11) is 0. The second-order valence-corrected chi connectivity index (χ2v) is 5.65. The molecule has 0 N–H and O–H groups in total. The van der Waals surface area contributed by atoms with Gasteiger partial charge in [-0.25, -0.2) is 0 Å². The summed E-state index contributed by atoms with van der Waals surface area (Å²) in [5.74, 6) is 0.930. The lowest BCUT2D eigenvalue weighted by Crippen LogP contribution is -1.78. The van der Waals surface area contributed by atoms with E-state index in [0.717, 1.165) is 24.9 Å². The molecular formula is C14H8BrIO. The molecule has 84 valence electrons. The van der Waals surface area contributed by atoms with Crippen LogP contribution in [0.25, 0.3) is 22.3 Å². The fourth-order valence-corrected chi connectivity index (χ4v) is 3.14. The lowest BCUT2D eigenvalue weighted by molar-refractivity contribution is 0.629. The standard InChI is InChI=1S/C14H8BrIO/c15-11-7-3-1-5-9(11)14-13(16)10-6-2-4-8-12(10)17-14/h1-8H. The molecule has 1 heterocycles. The third-order valence-electron chi connectivity index (χ3n) is 2.65. The smallest absolute Gasteiger partial charge is 0.149 e. The van der Waals surface area contributed by atoms with Gasteiger partial charge in [0.1, 0.15) is 11.3 Å². The van der Waals surface area contributed by atoms with Gasteiger partial charge in [0.2, 0.25) is 0 Å². The Morgan fingerprint density at radius 1 is 0.941 bits per heavy atom. The van der Waals surface area contributed by atoms with Gasteiger partial charge in [-0.1, -0.05) is 52.3 Å². The normalized spacial score (nSPS) is 10.9. The van der Waals surface area contributed by atoms with Gasteiger partial charge >= 0.3 is 0 Å². The fraction of sp³-hybridized carbons (Fsp3) is 0. The maximum Gasteiger partial charge on any atom is 0.149 e. The van der Waals surface area contributed by atoms with Crippen molar-refractivity contribution in [3.05, 3.63) is 56.6 Å². The number of fused-ring (bicyclic) bond motifs is 1. The van der Waals surface area contributed by atoms with Crippen LogP contribution >= 0.6 is 38.5 Å². The lowest BCUT2D eigenvalue weighted by Gasteiger charge is -2.00. The number of rotatable bonds is 1. The molecule has 2 aromatic carbocycles. The van der Waals surface area contributed by atoms with Crippen LogP contribution in [0.5, 0.6) is 0 Å². The summed E-state index contributed by atoms with van der Waals surface area (Å²) in [5, 5.41) is 1.17. The van der Waals surface area contributed by atoms with Crippen molar-refractivity contribution < 1.29 is 4.42 Å². The van der Waals surface area contributed by atoms with Crippen LogP contribution < -0.4 is 0 Å². The van der Waals surface area contributed by atoms with Crippen molar-refractivity contribution in [3.63, 3.8) is 0 Å². The Morgan fingerprint density at radius 2 is 1.65 bits per heavy atom. The summed E-state index contributed by atoms with van der Waals surface area (Å²) in [4.78, 5) is 0. The van der Waals surface area contributed by atoms with E-state index < -0.39 is 0 Å². The predicted octanol–water partition coefficient (Wildman–Crippen LogP) is 5.47. The van der Waals surface area contributed by atoms with Gasteiger partial charge in [0.15, 0.2) is 0 Å². The Hall–Kier alpha value is -0.810. The summed E-state index contributed by atoms with van der Waals surface area (Å²) in [6.07, 6.45) is 0. The summed E-state index contributed by atoms with van der Waals surface area (Å²) in [6.45, 7) is 0. The first kappa shape index (κ1) is 11.3. The monoisotopic (exact) mass is 398 g/mol. The molecule has 3 heteroatoms. The molecule has 3 aromatic rings. The maximum atomic E-state index is 5.93. The number of hydrogen-bond donors (Lipinski definition) is 0. The maximum absolute atomic E-state index is 5.93. The van der Waals surface area contributed by atoms with Crippen molar-refractivity contribution >= 4 is 49.5 Å². The number of furan rings is 1. The van der Waals surface area contributed by atoms with Crippen LogP contribution in [0.1, 0.15) is 0 Å². The number of halogens is 2. The first-order valence-electron chi connectivity index (χ1n) is 5.19. The SMILES string of the molecule is Brc1ccccc1-c1oc2ccccc2c1I. The van der Waals surface area contributed by atoms with Crippen molar-refractivity contribution in [2.24, 2.45) is 0 Å². The van der Waals surface area contributed by atoms with Crippen LogP contribution in [0.4, 0.5) is 0 Å². The van der Waals surface area contributed by atoms with Crippen molar-refractivity contribution in [3.8, 4) is 11.3 Å². The molecule has 3 rings (SSSR count). The zero-order valence-electron chi connectivity index (χ0n) is 8.78. The zero-order chi connectivity index (χ0) is 11.8. The molecule has 0 saturated heterocycles. The minimum atomic E-state index is 0.930. The number of para-hydroxylation sites is 1. The summed E-state index contributed by atoms with van der Waals surface area (Å²) in [5.41, 5.74) is 2.02. The van der Waals surface area contributed by atoms with E-state index in [-0.39, 0.29) is 0 Å². The van der Waals surface area contributed by atoms with Crippen LogP contribution in [0.15, 0.2) is 57.4 Å². The molecule has 0 saturated carbocycles. The molecule has 0 amide bonds. The zero-order valence-corrected chi connectivity index (χ0v) is 12.5. The van der Waals surface area contributed by atoms with E-state index in [1.165, 1.54) is 5.39 Å². The molecular weight excluding hydrogens is 391 g/mol. The predicted molar refractivity (Wildman–Crippen MR) is 82.1 cm³/mol. The highest BCUT2D eigenvalue weighted by Gasteiger charge is 2.14. The van der Waals surface area contributed by atoms with Gasteiger partial charge in [-0.2, -0.15) is 0 Å². The third kappa shape index (κ3) is 1.91. The van der Waals surface area contributed by atoms with Crippen LogP contribution in [-0.4, -0.2) is 0 Å². The number of benzene rings is 2. The molecule has 1 nitrogen and oxygen atoms in total. The van der Waals surface area contributed by atoms with E-state index in [9.17, 15) is 0 Å². The molecule has 0 radical (unpaired) electrons. The Labute approximate surface area is 121 Å². The Bertz CT molecular complexity index is 688. The van der Waals surface area contributed by atoms with Crippen molar-refractivity contribution in [1.82, 2.24) is 0 Å². The van der Waals surface area contributed by atoms with Gasteiger partial charge in [0.25, 0.3) is 0 Å².